The van der Waals surface area contributed by atoms with Gasteiger partial charge in [-0.25, -0.2) is 4.98 Å². The van der Waals surface area contributed by atoms with Gasteiger partial charge in [0.2, 0.25) is 0 Å². The van der Waals surface area contributed by atoms with Crippen LogP contribution in [0.1, 0.15) is 12.8 Å². The lowest BCUT2D eigenvalue weighted by Crippen LogP contribution is -2.57. The average molecular weight is 282 g/mol. The summed E-state index contributed by atoms with van der Waals surface area (Å²) in [5.74, 6) is 1.49. The fourth-order valence-electron chi connectivity index (χ4n) is 3.17. The summed E-state index contributed by atoms with van der Waals surface area (Å²) in [5, 5.41) is 9.96. The summed E-state index contributed by atoms with van der Waals surface area (Å²) in [5.41, 5.74) is 0. The monoisotopic (exact) mass is 281 g/mol. The number of nitrogens with zero attached hydrogens (tertiary/aromatic N) is 3. The molecule has 0 aromatic carbocycles. The van der Waals surface area contributed by atoms with E-state index in [4.69, 9.17) is 11.6 Å². The molecule has 0 amide bonds. The van der Waals surface area contributed by atoms with E-state index in [0.717, 1.165) is 38.4 Å². The highest BCUT2D eigenvalue weighted by molar-refractivity contribution is 6.30. The van der Waals surface area contributed by atoms with Crippen LogP contribution in [0.4, 0.5) is 5.82 Å². The zero-order valence-electron chi connectivity index (χ0n) is 11.0. The van der Waals surface area contributed by atoms with Gasteiger partial charge < -0.3 is 10.0 Å². The number of aliphatic hydroxyl groups excluding tert-OH is 1. The summed E-state index contributed by atoms with van der Waals surface area (Å²) in [7, 11) is 0. The Bertz CT molecular complexity index is 425. The van der Waals surface area contributed by atoms with Gasteiger partial charge in [0.1, 0.15) is 5.82 Å². The lowest BCUT2D eigenvalue weighted by molar-refractivity contribution is 0.0672. The van der Waals surface area contributed by atoms with Crippen LogP contribution in [-0.4, -0.2) is 53.8 Å². The number of aromatic nitrogens is 1. The highest BCUT2D eigenvalue weighted by Crippen LogP contribution is 2.27. The van der Waals surface area contributed by atoms with E-state index >= 15 is 0 Å². The number of rotatable bonds is 2. The van der Waals surface area contributed by atoms with Crippen LogP contribution in [0.2, 0.25) is 5.02 Å². The van der Waals surface area contributed by atoms with Crippen molar-refractivity contribution in [3.05, 3.63) is 23.4 Å². The van der Waals surface area contributed by atoms with Gasteiger partial charge >= 0.3 is 0 Å². The van der Waals surface area contributed by atoms with Crippen LogP contribution in [-0.2, 0) is 0 Å². The second kappa shape index (κ2) is 5.65. The molecule has 2 fully saturated rings. The molecule has 1 unspecified atom stereocenters. The molecule has 19 heavy (non-hydrogen) atoms. The Labute approximate surface area is 119 Å². The predicted molar refractivity (Wildman–Crippen MR) is 76.6 cm³/mol. The molecule has 0 bridgehead atoms. The van der Waals surface area contributed by atoms with Crippen molar-refractivity contribution >= 4 is 17.4 Å². The second-order valence-electron chi connectivity index (χ2n) is 5.56. The Morgan fingerprint density at radius 3 is 2.89 bits per heavy atom. The Morgan fingerprint density at radius 2 is 2.16 bits per heavy atom. The maximum Gasteiger partial charge on any atom is 0.128 e. The maximum absolute atomic E-state index is 9.28. The lowest BCUT2D eigenvalue weighted by Gasteiger charge is -2.46. The molecule has 0 saturated carbocycles. The number of halogens is 1. The van der Waals surface area contributed by atoms with E-state index in [1.54, 1.807) is 6.20 Å². The van der Waals surface area contributed by atoms with Crippen molar-refractivity contribution < 1.29 is 5.11 Å². The first-order chi connectivity index (χ1) is 9.26. The molecule has 1 N–H and O–H groups in total. The van der Waals surface area contributed by atoms with E-state index in [1.165, 1.54) is 6.42 Å². The first-order valence-electron chi connectivity index (χ1n) is 6.97. The third-order valence-electron chi connectivity index (χ3n) is 4.30. The Balaban J connectivity index is 1.65. The SMILES string of the molecule is OC[C@H]1CCC2CN(c3ccc(Cl)cn3)CCN2C1. The molecule has 4 nitrogen and oxygen atoms in total. The molecular formula is C14H20ClN3O. The first kappa shape index (κ1) is 13.2. The maximum atomic E-state index is 9.28. The topological polar surface area (TPSA) is 39.6 Å². The molecule has 3 heterocycles. The van der Waals surface area contributed by atoms with E-state index in [-0.39, 0.29) is 0 Å². The number of piperidine rings is 1. The van der Waals surface area contributed by atoms with Crippen LogP contribution in [0.3, 0.4) is 0 Å². The molecule has 0 radical (unpaired) electrons. The number of aliphatic hydroxyl groups is 1. The summed E-state index contributed by atoms with van der Waals surface area (Å²) in [4.78, 5) is 9.27. The van der Waals surface area contributed by atoms with Crippen molar-refractivity contribution in [1.29, 1.82) is 0 Å². The summed E-state index contributed by atoms with van der Waals surface area (Å²) in [6, 6.07) is 4.50. The number of piperazine rings is 1. The van der Waals surface area contributed by atoms with Gasteiger partial charge in [0, 0.05) is 45.0 Å². The van der Waals surface area contributed by atoms with Gasteiger partial charge in [-0.3, -0.25) is 4.90 Å². The van der Waals surface area contributed by atoms with E-state index in [2.05, 4.69) is 14.8 Å². The molecule has 0 aliphatic carbocycles. The van der Waals surface area contributed by atoms with Crippen molar-refractivity contribution in [2.45, 2.75) is 18.9 Å². The normalized spacial score (nSPS) is 28.2. The minimum atomic E-state index is 0.325. The van der Waals surface area contributed by atoms with Gasteiger partial charge in [0.15, 0.2) is 0 Å². The largest absolute Gasteiger partial charge is 0.396 e. The van der Waals surface area contributed by atoms with Crippen LogP contribution in [0.5, 0.6) is 0 Å². The molecule has 0 spiro atoms. The van der Waals surface area contributed by atoms with E-state index in [0.29, 0.717) is 23.6 Å². The van der Waals surface area contributed by atoms with E-state index in [9.17, 15) is 5.11 Å². The molecule has 5 heteroatoms. The summed E-state index contributed by atoms with van der Waals surface area (Å²) in [6.45, 7) is 4.47. The Kier molecular flexibility index (Phi) is 3.91. The van der Waals surface area contributed by atoms with Crippen LogP contribution in [0.25, 0.3) is 0 Å². The smallest absolute Gasteiger partial charge is 0.128 e. The van der Waals surface area contributed by atoms with Crippen molar-refractivity contribution in [3.8, 4) is 0 Å². The third kappa shape index (κ3) is 2.86. The molecule has 2 atom stereocenters. The van der Waals surface area contributed by atoms with Gasteiger partial charge in [0.05, 0.1) is 5.02 Å². The van der Waals surface area contributed by atoms with E-state index in [1.807, 2.05) is 12.1 Å². The number of pyridine rings is 1. The molecule has 2 saturated heterocycles. The summed E-state index contributed by atoms with van der Waals surface area (Å²) in [6.07, 6.45) is 4.03. The van der Waals surface area contributed by atoms with Crippen molar-refractivity contribution in [2.75, 3.05) is 37.7 Å². The molecular weight excluding hydrogens is 262 g/mol. The summed E-state index contributed by atoms with van der Waals surface area (Å²) >= 11 is 5.88. The highest BCUT2D eigenvalue weighted by atomic mass is 35.5. The standard InChI is InChI=1S/C14H20ClN3O/c15-12-2-4-14(16-7-12)18-6-5-17-8-11(10-19)1-3-13(17)9-18/h2,4,7,11,13,19H,1,3,5-6,8-10H2/t11-,13?/m0/s1. The highest BCUT2D eigenvalue weighted by Gasteiger charge is 2.32. The fourth-order valence-corrected chi connectivity index (χ4v) is 3.28. The van der Waals surface area contributed by atoms with E-state index < -0.39 is 0 Å². The van der Waals surface area contributed by atoms with Crippen LogP contribution >= 0.6 is 11.6 Å². The summed E-state index contributed by atoms with van der Waals surface area (Å²) < 4.78 is 0. The first-order valence-corrected chi connectivity index (χ1v) is 7.35. The lowest BCUT2D eigenvalue weighted by atomic mass is 9.91. The van der Waals surface area contributed by atoms with Crippen LogP contribution < -0.4 is 4.90 Å². The molecule has 1 aromatic heterocycles. The van der Waals surface area contributed by atoms with Crippen LogP contribution in [0.15, 0.2) is 18.3 Å². The zero-order chi connectivity index (χ0) is 13.2. The second-order valence-corrected chi connectivity index (χ2v) is 5.99. The van der Waals surface area contributed by atoms with Gasteiger partial charge in [-0.1, -0.05) is 11.6 Å². The number of hydrogen-bond acceptors (Lipinski definition) is 4. The van der Waals surface area contributed by atoms with Crippen LogP contribution in [0, 0.1) is 5.92 Å². The Morgan fingerprint density at radius 1 is 1.26 bits per heavy atom. The van der Waals surface area contributed by atoms with Crippen molar-refractivity contribution in [2.24, 2.45) is 5.92 Å². The van der Waals surface area contributed by atoms with Gasteiger partial charge in [0.25, 0.3) is 0 Å². The number of anilines is 1. The molecule has 1 aromatic rings. The third-order valence-corrected chi connectivity index (χ3v) is 4.52. The Hall–Kier alpha value is -0.840. The number of fused-ring (bicyclic) bond motifs is 1. The minimum absolute atomic E-state index is 0.325. The van der Waals surface area contributed by atoms with Crippen molar-refractivity contribution in [1.82, 2.24) is 9.88 Å². The zero-order valence-corrected chi connectivity index (χ0v) is 11.8. The van der Waals surface area contributed by atoms with Gasteiger partial charge in [-0.15, -0.1) is 0 Å². The fraction of sp³-hybridized carbons (Fsp3) is 0.643. The van der Waals surface area contributed by atoms with Gasteiger partial charge in [-0.2, -0.15) is 0 Å². The molecule has 2 aliphatic rings. The minimum Gasteiger partial charge on any atom is -0.396 e. The van der Waals surface area contributed by atoms with Gasteiger partial charge in [-0.05, 0) is 30.9 Å². The van der Waals surface area contributed by atoms with Crippen molar-refractivity contribution in [3.63, 3.8) is 0 Å². The predicted octanol–water partition coefficient (Wildman–Crippen LogP) is 1.63. The molecule has 2 aliphatic heterocycles. The average Bonchev–Trinajstić information content (AvgIpc) is 2.47. The number of hydrogen-bond donors (Lipinski definition) is 1. The molecule has 104 valence electrons. The molecule has 3 rings (SSSR count). The quantitative estimate of drug-likeness (QED) is 0.894.